The van der Waals surface area contributed by atoms with E-state index in [0.29, 0.717) is 6.54 Å². The average molecular weight is 346 g/mol. The molecule has 0 saturated carbocycles. The molecule has 1 aliphatic rings. The van der Waals surface area contributed by atoms with Gasteiger partial charge in [0.25, 0.3) is 0 Å². The summed E-state index contributed by atoms with van der Waals surface area (Å²) in [5.41, 5.74) is 1.23. The highest BCUT2D eigenvalue weighted by atomic mass is 16.5. The Morgan fingerprint density at radius 3 is 2.52 bits per heavy atom. The molecule has 2 amide bonds. The fourth-order valence-electron chi connectivity index (χ4n) is 3.22. The summed E-state index contributed by atoms with van der Waals surface area (Å²) in [5, 5.41) is 3.06. The van der Waals surface area contributed by atoms with Crippen molar-refractivity contribution in [3.63, 3.8) is 0 Å². The van der Waals surface area contributed by atoms with E-state index >= 15 is 0 Å². The van der Waals surface area contributed by atoms with Gasteiger partial charge in [-0.3, -0.25) is 9.59 Å². The summed E-state index contributed by atoms with van der Waals surface area (Å²) in [6, 6.07) is 7.89. The molecule has 0 bridgehead atoms. The average Bonchev–Trinajstić information content (AvgIpc) is 3.03. The van der Waals surface area contributed by atoms with Crippen molar-refractivity contribution >= 4 is 11.8 Å². The topological polar surface area (TPSA) is 58.6 Å². The Balaban J connectivity index is 1.79. The van der Waals surface area contributed by atoms with E-state index in [1.165, 1.54) is 12.5 Å². The highest BCUT2D eigenvalue weighted by molar-refractivity contribution is 5.87. The maximum atomic E-state index is 12.4. The van der Waals surface area contributed by atoms with Gasteiger partial charge in [0.05, 0.1) is 6.10 Å². The third-order valence-corrected chi connectivity index (χ3v) is 4.51. The Morgan fingerprint density at radius 2 is 1.92 bits per heavy atom. The monoisotopic (exact) mass is 346 g/mol. The van der Waals surface area contributed by atoms with E-state index in [-0.39, 0.29) is 30.0 Å². The van der Waals surface area contributed by atoms with Gasteiger partial charge in [-0.2, -0.15) is 0 Å². The molecule has 1 heterocycles. The van der Waals surface area contributed by atoms with Crippen LogP contribution in [0.3, 0.4) is 0 Å². The molecule has 1 saturated heterocycles. The molecule has 1 aliphatic heterocycles. The molecule has 5 heteroatoms. The highest BCUT2D eigenvalue weighted by Crippen LogP contribution is 2.18. The Bertz CT molecular complexity index is 583. The van der Waals surface area contributed by atoms with Gasteiger partial charge in [-0.15, -0.1) is 0 Å². The van der Waals surface area contributed by atoms with Gasteiger partial charge in [0, 0.05) is 19.5 Å². The predicted octanol–water partition coefficient (Wildman–Crippen LogP) is 2.92. The molecular formula is C20H30N2O3. The van der Waals surface area contributed by atoms with Crippen LogP contribution >= 0.6 is 0 Å². The first-order valence-electron chi connectivity index (χ1n) is 9.20. The number of nitrogens with one attached hydrogen (secondary N) is 1. The molecule has 0 spiro atoms. The van der Waals surface area contributed by atoms with Crippen molar-refractivity contribution < 1.29 is 14.3 Å². The van der Waals surface area contributed by atoms with E-state index < -0.39 is 0 Å². The van der Waals surface area contributed by atoms with Crippen molar-refractivity contribution in [2.75, 3.05) is 6.54 Å². The molecule has 5 nitrogen and oxygen atoms in total. The molecule has 1 aromatic rings. The van der Waals surface area contributed by atoms with Crippen LogP contribution in [0.15, 0.2) is 24.3 Å². The molecule has 1 fully saturated rings. The normalized spacial score (nSPS) is 18.3. The van der Waals surface area contributed by atoms with Gasteiger partial charge in [-0.1, -0.05) is 12.1 Å². The third kappa shape index (κ3) is 5.76. The van der Waals surface area contributed by atoms with Crippen molar-refractivity contribution in [3.8, 4) is 5.75 Å². The molecule has 2 rings (SSSR count). The minimum absolute atomic E-state index is 0.0194. The molecule has 138 valence electrons. The zero-order chi connectivity index (χ0) is 18.4. The smallest absolute Gasteiger partial charge is 0.243 e. The van der Waals surface area contributed by atoms with Crippen LogP contribution in [-0.4, -0.2) is 41.4 Å². The molecule has 0 aromatic heterocycles. The number of nitrogens with zero attached hydrogens (tertiary/aromatic N) is 1. The number of likely N-dealkylation sites (tertiary alicyclic amines) is 1. The van der Waals surface area contributed by atoms with Crippen molar-refractivity contribution in [3.05, 3.63) is 29.8 Å². The summed E-state index contributed by atoms with van der Waals surface area (Å²) in [6.45, 7) is 8.25. The van der Waals surface area contributed by atoms with Crippen molar-refractivity contribution in [2.24, 2.45) is 0 Å². The van der Waals surface area contributed by atoms with Crippen molar-refractivity contribution in [1.29, 1.82) is 0 Å². The number of benzene rings is 1. The number of amides is 2. The SMILES string of the molecule is CC(=O)N1CCCC1C(=O)NC(C)CCc1ccc(OC(C)C)cc1. The number of ether oxygens (including phenoxy) is 1. The third-order valence-electron chi connectivity index (χ3n) is 4.51. The molecular weight excluding hydrogens is 316 g/mol. The van der Waals surface area contributed by atoms with Crippen LogP contribution in [-0.2, 0) is 16.0 Å². The number of hydrogen-bond donors (Lipinski definition) is 1. The van der Waals surface area contributed by atoms with Crippen molar-refractivity contribution in [2.45, 2.75) is 71.6 Å². The molecule has 2 unspecified atom stereocenters. The van der Waals surface area contributed by atoms with E-state index in [1.807, 2.05) is 32.9 Å². The first kappa shape index (κ1) is 19.3. The maximum absolute atomic E-state index is 12.4. The Hall–Kier alpha value is -2.04. The van der Waals surface area contributed by atoms with Gasteiger partial charge in [-0.25, -0.2) is 0 Å². The van der Waals surface area contributed by atoms with Gasteiger partial charge in [0.1, 0.15) is 11.8 Å². The highest BCUT2D eigenvalue weighted by Gasteiger charge is 2.32. The lowest BCUT2D eigenvalue weighted by Gasteiger charge is -2.24. The van der Waals surface area contributed by atoms with E-state index in [1.54, 1.807) is 4.90 Å². The maximum Gasteiger partial charge on any atom is 0.243 e. The molecule has 25 heavy (non-hydrogen) atoms. The fraction of sp³-hybridized carbons (Fsp3) is 0.600. The summed E-state index contributed by atoms with van der Waals surface area (Å²) in [5.74, 6) is 0.834. The second-order valence-corrected chi connectivity index (χ2v) is 7.13. The predicted molar refractivity (Wildman–Crippen MR) is 98.5 cm³/mol. The second-order valence-electron chi connectivity index (χ2n) is 7.13. The van der Waals surface area contributed by atoms with Crippen LogP contribution in [0.4, 0.5) is 0 Å². The van der Waals surface area contributed by atoms with Crippen LogP contribution < -0.4 is 10.1 Å². The molecule has 0 aliphatic carbocycles. The van der Waals surface area contributed by atoms with Gasteiger partial charge in [-0.05, 0) is 64.2 Å². The number of carbonyl (C=O) groups excluding carboxylic acids is 2. The van der Waals surface area contributed by atoms with Gasteiger partial charge in [0.2, 0.25) is 11.8 Å². The minimum atomic E-state index is -0.299. The number of rotatable bonds is 7. The fourth-order valence-corrected chi connectivity index (χ4v) is 3.22. The quantitative estimate of drug-likeness (QED) is 0.826. The number of carbonyl (C=O) groups is 2. The summed E-state index contributed by atoms with van der Waals surface area (Å²) in [7, 11) is 0. The van der Waals surface area contributed by atoms with Crippen LogP contribution in [0, 0.1) is 0 Å². The summed E-state index contributed by atoms with van der Waals surface area (Å²) < 4.78 is 5.64. The molecule has 0 radical (unpaired) electrons. The van der Waals surface area contributed by atoms with Crippen LogP contribution in [0.2, 0.25) is 0 Å². The van der Waals surface area contributed by atoms with E-state index in [0.717, 1.165) is 31.4 Å². The molecule has 2 atom stereocenters. The standard InChI is InChI=1S/C20H30N2O3/c1-14(2)25-18-11-9-17(10-12-18)8-7-15(3)21-20(24)19-6-5-13-22(19)16(4)23/h9-12,14-15,19H,5-8,13H2,1-4H3,(H,21,24). The van der Waals surface area contributed by atoms with Gasteiger partial charge < -0.3 is 15.0 Å². The second kappa shape index (κ2) is 8.88. The van der Waals surface area contributed by atoms with Crippen LogP contribution in [0.5, 0.6) is 5.75 Å². The van der Waals surface area contributed by atoms with Gasteiger partial charge >= 0.3 is 0 Å². The van der Waals surface area contributed by atoms with Crippen LogP contribution in [0.25, 0.3) is 0 Å². The van der Waals surface area contributed by atoms with E-state index in [9.17, 15) is 9.59 Å². The Labute approximate surface area is 150 Å². The Kier molecular flexibility index (Phi) is 6.85. The molecule has 1 N–H and O–H groups in total. The lowest BCUT2D eigenvalue weighted by molar-refractivity contribution is -0.137. The first-order chi connectivity index (χ1) is 11.9. The summed E-state index contributed by atoms with van der Waals surface area (Å²) in [4.78, 5) is 25.7. The Morgan fingerprint density at radius 1 is 1.24 bits per heavy atom. The summed E-state index contributed by atoms with van der Waals surface area (Å²) in [6.07, 6.45) is 3.59. The zero-order valence-corrected chi connectivity index (χ0v) is 15.7. The van der Waals surface area contributed by atoms with Gasteiger partial charge in [0.15, 0.2) is 0 Å². The lowest BCUT2D eigenvalue weighted by atomic mass is 10.1. The number of aryl methyl sites for hydroxylation is 1. The van der Waals surface area contributed by atoms with E-state index in [2.05, 4.69) is 17.4 Å². The summed E-state index contributed by atoms with van der Waals surface area (Å²) >= 11 is 0. The first-order valence-corrected chi connectivity index (χ1v) is 9.20. The van der Waals surface area contributed by atoms with Crippen LogP contribution in [0.1, 0.15) is 52.5 Å². The lowest BCUT2D eigenvalue weighted by Crippen LogP contribution is -2.47. The van der Waals surface area contributed by atoms with Crippen molar-refractivity contribution in [1.82, 2.24) is 10.2 Å². The van der Waals surface area contributed by atoms with E-state index in [4.69, 9.17) is 4.74 Å². The largest absolute Gasteiger partial charge is 0.491 e. The zero-order valence-electron chi connectivity index (χ0n) is 15.7. The molecule has 1 aromatic carbocycles. The number of hydrogen-bond acceptors (Lipinski definition) is 3. The minimum Gasteiger partial charge on any atom is -0.491 e.